The molecule has 0 saturated heterocycles. The third-order valence-electron chi connectivity index (χ3n) is 5.00. The molecule has 0 atom stereocenters. The maximum absolute atomic E-state index is 12.8. The topological polar surface area (TPSA) is 75.7 Å². The van der Waals surface area contributed by atoms with Gasteiger partial charge in [-0.25, -0.2) is 13.1 Å². The Balaban J connectivity index is 1.64. The van der Waals surface area contributed by atoms with Crippen molar-refractivity contribution >= 4 is 15.9 Å². The molecule has 0 aliphatic heterocycles. The van der Waals surface area contributed by atoms with Gasteiger partial charge in [0.2, 0.25) is 10.0 Å². The van der Waals surface area contributed by atoms with E-state index in [2.05, 4.69) is 4.72 Å². The summed E-state index contributed by atoms with van der Waals surface area (Å²) in [7, 11) is -2.04. The van der Waals surface area contributed by atoms with Gasteiger partial charge in [-0.2, -0.15) is 0 Å². The van der Waals surface area contributed by atoms with Crippen LogP contribution in [-0.2, 0) is 21.3 Å². The van der Waals surface area contributed by atoms with Gasteiger partial charge in [-0.05, 0) is 48.9 Å². The molecule has 1 aliphatic carbocycles. The first-order valence-corrected chi connectivity index (χ1v) is 11.3. The van der Waals surface area contributed by atoms with Crippen LogP contribution < -0.4 is 4.72 Å². The summed E-state index contributed by atoms with van der Waals surface area (Å²) in [5, 5.41) is 0. The molecular weight excluding hydrogens is 388 g/mol. The minimum atomic E-state index is -3.74. The van der Waals surface area contributed by atoms with Crippen LogP contribution in [0.15, 0.2) is 53.4 Å². The van der Waals surface area contributed by atoms with Crippen LogP contribution in [-0.4, -0.2) is 46.0 Å². The Morgan fingerprint density at radius 3 is 2.59 bits per heavy atom. The summed E-state index contributed by atoms with van der Waals surface area (Å²) in [5.74, 6) is 0.462. The Morgan fingerprint density at radius 2 is 1.90 bits per heavy atom. The summed E-state index contributed by atoms with van der Waals surface area (Å²) in [6, 6.07) is 14.1. The summed E-state index contributed by atoms with van der Waals surface area (Å²) < 4.78 is 33.8. The molecule has 0 heterocycles. The number of ether oxygens (including phenoxy) is 1. The Labute approximate surface area is 172 Å². The smallest absolute Gasteiger partial charge is 0.253 e. The molecule has 29 heavy (non-hydrogen) atoms. The number of nitrogens with one attached hydrogen (secondary N) is 1. The fourth-order valence-electron chi connectivity index (χ4n) is 2.93. The van der Waals surface area contributed by atoms with Crippen molar-refractivity contribution in [2.75, 3.05) is 26.8 Å². The zero-order valence-corrected chi connectivity index (χ0v) is 17.7. The average molecular weight is 417 g/mol. The number of carbonyl (C=O) groups excluding carboxylic acids is 1. The van der Waals surface area contributed by atoms with Crippen LogP contribution in [0.2, 0.25) is 0 Å². The maximum atomic E-state index is 12.8. The van der Waals surface area contributed by atoms with Crippen LogP contribution in [0, 0.1) is 12.8 Å². The van der Waals surface area contributed by atoms with E-state index in [0.29, 0.717) is 30.2 Å². The lowest BCUT2D eigenvalue weighted by molar-refractivity contribution is 0.0681. The van der Waals surface area contributed by atoms with Gasteiger partial charge in [0.25, 0.3) is 5.91 Å². The molecule has 156 valence electrons. The number of aryl methyl sites for hydroxylation is 1. The quantitative estimate of drug-likeness (QED) is 0.604. The van der Waals surface area contributed by atoms with Gasteiger partial charge in [0, 0.05) is 32.3 Å². The molecule has 2 aromatic rings. The largest absolute Gasteiger partial charge is 0.379 e. The highest BCUT2D eigenvalue weighted by Crippen LogP contribution is 2.28. The third-order valence-corrected chi connectivity index (χ3v) is 6.55. The Bertz CT molecular complexity index is 941. The van der Waals surface area contributed by atoms with Gasteiger partial charge in [0.05, 0.1) is 11.5 Å². The number of nitrogens with zero attached hydrogens (tertiary/aromatic N) is 1. The summed E-state index contributed by atoms with van der Waals surface area (Å²) >= 11 is 0. The van der Waals surface area contributed by atoms with Gasteiger partial charge in [0.15, 0.2) is 0 Å². The van der Waals surface area contributed by atoms with E-state index < -0.39 is 10.0 Å². The van der Waals surface area contributed by atoms with E-state index in [4.69, 9.17) is 4.74 Å². The first-order chi connectivity index (χ1) is 13.9. The van der Waals surface area contributed by atoms with E-state index in [1.54, 1.807) is 31.0 Å². The highest BCUT2D eigenvalue weighted by atomic mass is 32.2. The van der Waals surface area contributed by atoms with Gasteiger partial charge in [-0.15, -0.1) is 0 Å². The van der Waals surface area contributed by atoms with Crippen molar-refractivity contribution in [1.29, 1.82) is 0 Å². The fraction of sp³-hybridized carbons (Fsp3) is 0.409. The summed E-state index contributed by atoms with van der Waals surface area (Å²) in [6.45, 7) is 3.62. The molecule has 3 rings (SSSR count). The minimum absolute atomic E-state index is 0.123. The summed E-state index contributed by atoms with van der Waals surface area (Å²) in [5.41, 5.74) is 1.81. The molecule has 1 fully saturated rings. The molecule has 6 nitrogen and oxygen atoms in total. The number of likely N-dealkylation sites (N-methyl/N-ethyl adjacent to an activating group) is 1. The second-order valence-corrected chi connectivity index (χ2v) is 9.27. The zero-order chi connectivity index (χ0) is 20.9. The maximum Gasteiger partial charge on any atom is 0.253 e. The lowest BCUT2D eigenvalue weighted by Crippen LogP contribution is -2.31. The van der Waals surface area contributed by atoms with E-state index >= 15 is 0 Å². The normalized spacial score (nSPS) is 14.0. The SMILES string of the molecule is Cc1ccc(C(=O)N(C)CCOCC2CC2)cc1S(=O)(=O)NCc1ccccc1. The van der Waals surface area contributed by atoms with Gasteiger partial charge in [0.1, 0.15) is 0 Å². The van der Waals surface area contributed by atoms with Crippen LogP contribution in [0.25, 0.3) is 0 Å². The number of hydrogen-bond acceptors (Lipinski definition) is 4. The van der Waals surface area contributed by atoms with E-state index in [-0.39, 0.29) is 17.3 Å². The number of hydrogen-bond donors (Lipinski definition) is 1. The van der Waals surface area contributed by atoms with Gasteiger partial charge in [-0.1, -0.05) is 36.4 Å². The number of rotatable bonds is 10. The number of benzene rings is 2. The van der Waals surface area contributed by atoms with Crippen molar-refractivity contribution in [3.05, 3.63) is 65.2 Å². The van der Waals surface area contributed by atoms with Crippen LogP contribution in [0.4, 0.5) is 0 Å². The Kier molecular flexibility index (Phi) is 7.05. The molecule has 0 unspecified atom stereocenters. The molecular formula is C22H28N2O4S. The number of sulfonamides is 1. The Hall–Kier alpha value is -2.22. The molecule has 1 amide bonds. The second kappa shape index (κ2) is 9.52. The van der Waals surface area contributed by atoms with E-state index in [1.807, 2.05) is 30.3 Å². The predicted molar refractivity (Wildman–Crippen MR) is 112 cm³/mol. The molecule has 0 aromatic heterocycles. The van der Waals surface area contributed by atoms with Crippen LogP contribution in [0.1, 0.15) is 34.3 Å². The summed E-state index contributed by atoms with van der Waals surface area (Å²) in [6.07, 6.45) is 2.46. The molecule has 1 N–H and O–H groups in total. The van der Waals surface area contributed by atoms with Crippen LogP contribution >= 0.6 is 0 Å². The number of carbonyl (C=O) groups is 1. The first kappa shape index (κ1) is 21.5. The van der Waals surface area contributed by atoms with Crippen LogP contribution in [0.3, 0.4) is 0 Å². The highest BCUT2D eigenvalue weighted by molar-refractivity contribution is 7.89. The lowest BCUT2D eigenvalue weighted by Gasteiger charge is -2.18. The second-order valence-electron chi connectivity index (χ2n) is 7.54. The van der Waals surface area contributed by atoms with Crippen LogP contribution in [0.5, 0.6) is 0 Å². The predicted octanol–water partition coefficient (Wildman–Crippen LogP) is 2.97. The molecule has 1 aliphatic rings. The first-order valence-electron chi connectivity index (χ1n) is 9.84. The lowest BCUT2D eigenvalue weighted by atomic mass is 10.1. The standard InChI is InChI=1S/C22H28N2O4S/c1-17-8-11-20(22(25)24(2)12-13-28-16-19-9-10-19)14-21(17)29(26,27)23-15-18-6-4-3-5-7-18/h3-8,11,14,19,23H,9-10,12-13,15-16H2,1-2H3. The van der Waals surface area contributed by atoms with Gasteiger partial charge >= 0.3 is 0 Å². The van der Waals surface area contributed by atoms with Gasteiger partial charge < -0.3 is 9.64 Å². The van der Waals surface area contributed by atoms with Gasteiger partial charge in [-0.3, -0.25) is 4.79 Å². The molecule has 0 bridgehead atoms. The third kappa shape index (κ3) is 6.13. The average Bonchev–Trinajstić information content (AvgIpc) is 3.54. The zero-order valence-electron chi connectivity index (χ0n) is 16.9. The monoisotopic (exact) mass is 416 g/mol. The van der Waals surface area contributed by atoms with Crippen molar-refractivity contribution in [1.82, 2.24) is 9.62 Å². The van der Waals surface area contributed by atoms with Crippen molar-refractivity contribution in [2.24, 2.45) is 5.92 Å². The summed E-state index contributed by atoms with van der Waals surface area (Å²) in [4.78, 5) is 14.4. The van der Waals surface area contributed by atoms with Crippen molar-refractivity contribution in [3.63, 3.8) is 0 Å². The van der Waals surface area contributed by atoms with E-state index in [1.165, 1.54) is 18.9 Å². The van der Waals surface area contributed by atoms with Crippen molar-refractivity contribution in [2.45, 2.75) is 31.2 Å². The Morgan fingerprint density at radius 1 is 1.17 bits per heavy atom. The molecule has 7 heteroatoms. The molecule has 0 radical (unpaired) electrons. The van der Waals surface area contributed by atoms with Crippen molar-refractivity contribution < 1.29 is 17.9 Å². The molecule has 2 aromatic carbocycles. The van der Waals surface area contributed by atoms with E-state index in [0.717, 1.165) is 12.2 Å². The number of amides is 1. The fourth-order valence-corrected chi connectivity index (χ4v) is 4.22. The minimum Gasteiger partial charge on any atom is -0.379 e. The van der Waals surface area contributed by atoms with Crippen molar-refractivity contribution in [3.8, 4) is 0 Å². The molecule has 1 saturated carbocycles. The molecule has 0 spiro atoms. The van der Waals surface area contributed by atoms with E-state index in [9.17, 15) is 13.2 Å². The highest BCUT2D eigenvalue weighted by Gasteiger charge is 2.22.